The number of anilines is 1. The predicted octanol–water partition coefficient (Wildman–Crippen LogP) is 4.51. The fourth-order valence-electron chi connectivity index (χ4n) is 4.82. The Morgan fingerprint density at radius 3 is 2.47 bits per heavy atom. The first kappa shape index (κ1) is 25.0. The van der Waals surface area contributed by atoms with Crippen molar-refractivity contribution in [2.45, 2.75) is 25.9 Å². The minimum Gasteiger partial charge on any atom is -0.480 e. The molecule has 1 N–H and O–H groups in total. The molecule has 1 aliphatic heterocycles. The molecular formula is C27H23ClN6O4. The number of H-pyrrole nitrogens is 1. The number of aromatic nitrogens is 4. The molecule has 0 saturated carbocycles. The average molecular weight is 531 g/mol. The number of carbonyl (C=O) groups excluding carboxylic acids is 1. The topological polar surface area (TPSA) is 126 Å². The van der Waals surface area contributed by atoms with E-state index >= 15 is 0 Å². The van der Waals surface area contributed by atoms with Crippen LogP contribution in [0.5, 0.6) is 11.9 Å². The molecule has 1 aliphatic rings. The van der Waals surface area contributed by atoms with Crippen LogP contribution in [0.2, 0.25) is 5.02 Å². The number of fused-ring (bicyclic) bond motifs is 1. The highest BCUT2D eigenvalue weighted by molar-refractivity contribution is 6.30. The highest BCUT2D eigenvalue weighted by Crippen LogP contribution is 2.46. The van der Waals surface area contributed by atoms with Crippen molar-refractivity contribution in [2.24, 2.45) is 0 Å². The minimum absolute atomic E-state index is 0.105. The number of benzene rings is 1. The molecule has 1 unspecified atom stereocenters. The molecule has 10 nitrogen and oxygen atoms in total. The van der Waals surface area contributed by atoms with E-state index in [0.29, 0.717) is 34.0 Å². The van der Waals surface area contributed by atoms with Crippen LogP contribution in [0.4, 0.5) is 5.69 Å². The third-order valence-corrected chi connectivity index (χ3v) is 6.62. The summed E-state index contributed by atoms with van der Waals surface area (Å²) < 4.78 is 12.7. The molecule has 0 saturated heterocycles. The Morgan fingerprint density at radius 1 is 1.11 bits per heavy atom. The van der Waals surface area contributed by atoms with E-state index in [2.05, 4.69) is 21.0 Å². The van der Waals surface area contributed by atoms with Crippen LogP contribution in [0.1, 0.15) is 53.1 Å². The Balaban J connectivity index is 1.80. The maximum Gasteiger partial charge on any atom is 0.319 e. The minimum atomic E-state index is -0.675. The standard InChI is InChI=1S/C27H23ClN6O4/c1-14(2)33-20(19-13-31-27(38-4)32-25(19)37-3)10-18-23(33)22(16-7-5-15(11-29)6-8-16)34(26(18)36)21-9-17(28)12-30-24(21)35/h5-10,12-14,22H,1-4H3,(H,30,35). The summed E-state index contributed by atoms with van der Waals surface area (Å²) in [5, 5.41) is 9.60. The number of ether oxygens (including phenoxy) is 2. The van der Waals surface area contributed by atoms with Gasteiger partial charge in [-0.25, -0.2) is 4.98 Å². The van der Waals surface area contributed by atoms with Crippen molar-refractivity contribution in [2.75, 3.05) is 19.1 Å². The zero-order valence-corrected chi connectivity index (χ0v) is 21.8. The van der Waals surface area contributed by atoms with Gasteiger partial charge in [0.2, 0.25) is 5.88 Å². The predicted molar refractivity (Wildman–Crippen MR) is 141 cm³/mol. The third kappa shape index (κ3) is 3.97. The number of aromatic amines is 1. The number of nitrogens with one attached hydrogen (secondary N) is 1. The van der Waals surface area contributed by atoms with Gasteiger partial charge in [-0.2, -0.15) is 10.2 Å². The second-order valence-corrected chi connectivity index (χ2v) is 9.35. The molecule has 0 aliphatic carbocycles. The van der Waals surface area contributed by atoms with E-state index in [1.807, 2.05) is 18.4 Å². The summed E-state index contributed by atoms with van der Waals surface area (Å²) in [5.74, 6) is -0.0726. The second kappa shape index (κ2) is 9.68. The normalized spacial score (nSPS) is 14.5. The number of nitrogens with zero attached hydrogens (tertiary/aromatic N) is 5. The van der Waals surface area contributed by atoms with Crippen LogP contribution in [0.3, 0.4) is 0 Å². The van der Waals surface area contributed by atoms with Crippen LogP contribution in [-0.2, 0) is 0 Å². The molecule has 192 valence electrons. The highest BCUT2D eigenvalue weighted by Gasteiger charge is 2.44. The Morgan fingerprint density at radius 2 is 1.84 bits per heavy atom. The molecule has 1 amide bonds. The first-order valence-electron chi connectivity index (χ1n) is 11.7. The maximum atomic E-state index is 14.0. The lowest BCUT2D eigenvalue weighted by atomic mass is 10.0. The first-order valence-corrected chi connectivity index (χ1v) is 12.1. The van der Waals surface area contributed by atoms with Crippen LogP contribution in [0.15, 0.2) is 53.6 Å². The van der Waals surface area contributed by atoms with Crippen molar-refractivity contribution in [1.82, 2.24) is 19.5 Å². The van der Waals surface area contributed by atoms with Crippen molar-refractivity contribution in [3.8, 4) is 29.2 Å². The number of hydrogen-bond acceptors (Lipinski definition) is 7. The van der Waals surface area contributed by atoms with Gasteiger partial charge in [0.15, 0.2) is 0 Å². The lowest BCUT2D eigenvalue weighted by molar-refractivity contribution is 0.0993. The van der Waals surface area contributed by atoms with Crippen LogP contribution in [0, 0.1) is 11.3 Å². The molecule has 1 aromatic carbocycles. The summed E-state index contributed by atoms with van der Waals surface area (Å²) in [5.41, 5.74) is 3.22. The number of hydrogen-bond donors (Lipinski definition) is 1. The Kier molecular flexibility index (Phi) is 6.38. The van der Waals surface area contributed by atoms with Crippen molar-refractivity contribution in [3.05, 3.63) is 86.6 Å². The van der Waals surface area contributed by atoms with Gasteiger partial charge in [-0.3, -0.25) is 14.5 Å². The summed E-state index contributed by atoms with van der Waals surface area (Å²) in [6.45, 7) is 3.99. The summed E-state index contributed by atoms with van der Waals surface area (Å²) in [6, 6.07) is 11.7. The van der Waals surface area contributed by atoms with Gasteiger partial charge in [-0.15, -0.1) is 0 Å². The van der Waals surface area contributed by atoms with Crippen molar-refractivity contribution < 1.29 is 14.3 Å². The first-order chi connectivity index (χ1) is 18.3. The molecule has 4 heterocycles. The van der Waals surface area contributed by atoms with E-state index in [-0.39, 0.29) is 28.7 Å². The number of nitriles is 1. The lowest BCUT2D eigenvalue weighted by Gasteiger charge is -2.28. The van der Waals surface area contributed by atoms with Gasteiger partial charge in [0, 0.05) is 18.4 Å². The summed E-state index contributed by atoms with van der Waals surface area (Å²) in [4.78, 5) is 39.5. The van der Waals surface area contributed by atoms with Gasteiger partial charge in [0.05, 0.1) is 53.4 Å². The fourth-order valence-corrected chi connectivity index (χ4v) is 4.98. The molecule has 0 radical (unpaired) electrons. The highest BCUT2D eigenvalue weighted by atomic mass is 35.5. The molecule has 1 atom stereocenters. The smallest absolute Gasteiger partial charge is 0.319 e. The SMILES string of the molecule is COc1ncc(-c2cc3c(n2C(C)C)C(c2ccc(C#N)cc2)N(c2cc(Cl)c[nH]c2=O)C3=O)c(OC)n1. The lowest BCUT2D eigenvalue weighted by Crippen LogP contribution is -2.34. The summed E-state index contributed by atoms with van der Waals surface area (Å²) in [6.07, 6.45) is 2.97. The molecule has 11 heteroatoms. The largest absolute Gasteiger partial charge is 0.480 e. The van der Waals surface area contributed by atoms with Gasteiger partial charge in [-0.05, 0) is 43.7 Å². The number of carbonyl (C=O) groups is 1. The molecule has 3 aromatic heterocycles. The number of methoxy groups -OCH3 is 2. The van der Waals surface area contributed by atoms with Crippen molar-refractivity contribution in [1.29, 1.82) is 5.26 Å². The Bertz CT molecular complexity index is 1650. The zero-order valence-electron chi connectivity index (χ0n) is 21.0. The van der Waals surface area contributed by atoms with Crippen LogP contribution < -0.4 is 19.9 Å². The van der Waals surface area contributed by atoms with Crippen molar-refractivity contribution in [3.63, 3.8) is 0 Å². The maximum absolute atomic E-state index is 14.0. The number of pyridine rings is 1. The van der Waals surface area contributed by atoms with Gasteiger partial charge in [0.25, 0.3) is 11.5 Å². The molecule has 0 spiro atoms. The molecule has 0 fully saturated rings. The summed E-state index contributed by atoms with van der Waals surface area (Å²) in [7, 11) is 2.96. The second-order valence-electron chi connectivity index (χ2n) is 8.92. The number of amides is 1. The Hall–Kier alpha value is -4.62. The third-order valence-electron chi connectivity index (χ3n) is 6.41. The zero-order chi connectivity index (χ0) is 27.1. The van der Waals surface area contributed by atoms with Gasteiger partial charge in [0.1, 0.15) is 11.7 Å². The van der Waals surface area contributed by atoms with Crippen LogP contribution in [0.25, 0.3) is 11.3 Å². The quantitative estimate of drug-likeness (QED) is 0.388. The fraction of sp³-hybridized carbons (Fsp3) is 0.222. The monoisotopic (exact) mass is 530 g/mol. The van der Waals surface area contributed by atoms with E-state index < -0.39 is 11.6 Å². The van der Waals surface area contributed by atoms with Gasteiger partial charge in [-0.1, -0.05) is 23.7 Å². The van der Waals surface area contributed by atoms with Gasteiger partial charge >= 0.3 is 6.01 Å². The van der Waals surface area contributed by atoms with Crippen LogP contribution >= 0.6 is 11.6 Å². The number of halogens is 1. The molecule has 0 bridgehead atoms. The number of rotatable bonds is 6. The molecule has 38 heavy (non-hydrogen) atoms. The van der Waals surface area contributed by atoms with E-state index in [4.69, 9.17) is 21.1 Å². The van der Waals surface area contributed by atoms with E-state index in [1.165, 1.54) is 31.4 Å². The van der Waals surface area contributed by atoms with Gasteiger partial charge < -0.3 is 19.0 Å². The average Bonchev–Trinajstić information content (AvgIpc) is 3.44. The molecule has 4 aromatic rings. The molecule has 5 rings (SSSR count). The van der Waals surface area contributed by atoms with E-state index in [0.717, 1.165) is 5.56 Å². The van der Waals surface area contributed by atoms with E-state index in [1.54, 1.807) is 36.5 Å². The van der Waals surface area contributed by atoms with Crippen molar-refractivity contribution >= 4 is 23.2 Å². The summed E-state index contributed by atoms with van der Waals surface area (Å²) >= 11 is 6.22. The molecular weight excluding hydrogens is 508 g/mol. The Labute approximate surface area is 223 Å². The van der Waals surface area contributed by atoms with Crippen LogP contribution in [-0.4, -0.2) is 39.6 Å². The van der Waals surface area contributed by atoms with E-state index in [9.17, 15) is 14.9 Å².